The summed E-state index contributed by atoms with van der Waals surface area (Å²) in [5, 5.41) is 1.28. The van der Waals surface area contributed by atoms with Gasteiger partial charge in [0.25, 0.3) is 0 Å². The van der Waals surface area contributed by atoms with Gasteiger partial charge >= 0.3 is 5.97 Å². The monoisotopic (exact) mass is 252 g/mol. The van der Waals surface area contributed by atoms with E-state index in [1.807, 2.05) is 20.8 Å². The number of carbonyl (C=O) groups excluding carboxylic acids is 1. The zero-order chi connectivity index (χ0) is 12.6. The number of benzene rings is 1. The standard InChI is InChI=1S/C13H13ClO3/c1-13(2,3)17-12(15)10-7-16-11-6-8(14)4-5-9(10)11/h4-7H,1-3H3. The van der Waals surface area contributed by atoms with Crippen LogP contribution in [0.2, 0.25) is 5.02 Å². The lowest BCUT2D eigenvalue weighted by atomic mass is 10.1. The Labute approximate surface area is 104 Å². The number of halogens is 1. The molecule has 1 aromatic carbocycles. The molecule has 0 aliphatic heterocycles. The predicted molar refractivity (Wildman–Crippen MR) is 66.4 cm³/mol. The van der Waals surface area contributed by atoms with Crippen LogP contribution in [0.1, 0.15) is 31.1 Å². The average Bonchev–Trinajstić information content (AvgIpc) is 2.57. The lowest BCUT2D eigenvalue weighted by Crippen LogP contribution is -2.23. The number of hydrogen-bond acceptors (Lipinski definition) is 3. The molecule has 0 fully saturated rings. The summed E-state index contributed by atoms with van der Waals surface area (Å²) in [6.45, 7) is 5.47. The maximum Gasteiger partial charge on any atom is 0.342 e. The normalized spacial score (nSPS) is 11.8. The number of esters is 1. The van der Waals surface area contributed by atoms with Gasteiger partial charge in [0.05, 0.1) is 0 Å². The maximum atomic E-state index is 11.9. The third-order valence-electron chi connectivity index (χ3n) is 2.16. The van der Waals surface area contributed by atoms with Gasteiger partial charge in [-0.25, -0.2) is 4.79 Å². The lowest BCUT2D eigenvalue weighted by Gasteiger charge is -2.18. The van der Waals surface area contributed by atoms with E-state index in [0.717, 1.165) is 0 Å². The van der Waals surface area contributed by atoms with Gasteiger partial charge in [-0.15, -0.1) is 0 Å². The fraction of sp³-hybridized carbons (Fsp3) is 0.308. The molecule has 0 aliphatic rings. The number of carbonyl (C=O) groups is 1. The summed E-state index contributed by atoms with van der Waals surface area (Å²) in [7, 11) is 0. The van der Waals surface area contributed by atoms with Crippen LogP contribution < -0.4 is 0 Å². The summed E-state index contributed by atoms with van der Waals surface area (Å²) in [6, 6.07) is 5.14. The largest absolute Gasteiger partial charge is 0.463 e. The van der Waals surface area contributed by atoms with E-state index in [9.17, 15) is 4.79 Å². The van der Waals surface area contributed by atoms with Gasteiger partial charge in [0.1, 0.15) is 23.0 Å². The fourth-order valence-electron chi connectivity index (χ4n) is 1.49. The molecule has 2 rings (SSSR count). The van der Waals surface area contributed by atoms with E-state index in [1.165, 1.54) is 6.26 Å². The Morgan fingerprint density at radius 3 is 2.71 bits per heavy atom. The highest BCUT2D eigenvalue weighted by Gasteiger charge is 2.21. The minimum absolute atomic E-state index is 0.390. The van der Waals surface area contributed by atoms with E-state index in [2.05, 4.69) is 0 Å². The Morgan fingerprint density at radius 1 is 1.35 bits per heavy atom. The van der Waals surface area contributed by atoms with Crippen molar-refractivity contribution in [3.8, 4) is 0 Å². The van der Waals surface area contributed by atoms with E-state index in [0.29, 0.717) is 21.6 Å². The van der Waals surface area contributed by atoms with E-state index in [1.54, 1.807) is 18.2 Å². The molecule has 0 unspecified atom stereocenters. The molecule has 0 saturated carbocycles. The van der Waals surface area contributed by atoms with Crippen molar-refractivity contribution < 1.29 is 13.9 Å². The molecule has 2 aromatic rings. The molecule has 1 heterocycles. The summed E-state index contributed by atoms with van der Waals surface area (Å²) < 4.78 is 10.6. The van der Waals surface area contributed by atoms with Gasteiger partial charge in [-0.3, -0.25) is 0 Å². The van der Waals surface area contributed by atoms with Crippen LogP contribution in [0, 0.1) is 0 Å². The Bertz CT molecular complexity index is 564. The number of ether oxygens (including phenoxy) is 1. The van der Waals surface area contributed by atoms with Gasteiger partial charge in [-0.05, 0) is 32.9 Å². The molecule has 1 aromatic heterocycles. The van der Waals surface area contributed by atoms with Crippen molar-refractivity contribution in [2.45, 2.75) is 26.4 Å². The summed E-state index contributed by atoms with van der Waals surface area (Å²) in [4.78, 5) is 11.9. The lowest BCUT2D eigenvalue weighted by molar-refractivity contribution is 0.00709. The number of fused-ring (bicyclic) bond motifs is 1. The highest BCUT2D eigenvalue weighted by molar-refractivity contribution is 6.31. The second kappa shape index (κ2) is 4.08. The van der Waals surface area contributed by atoms with E-state index in [-0.39, 0.29) is 0 Å². The van der Waals surface area contributed by atoms with Crippen LogP contribution in [0.5, 0.6) is 0 Å². The van der Waals surface area contributed by atoms with Crippen LogP contribution >= 0.6 is 11.6 Å². The average molecular weight is 253 g/mol. The van der Waals surface area contributed by atoms with Gasteiger partial charge in [0, 0.05) is 16.5 Å². The van der Waals surface area contributed by atoms with Crippen molar-refractivity contribution in [1.29, 1.82) is 0 Å². The zero-order valence-electron chi connectivity index (χ0n) is 9.91. The zero-order valence-corrected chi connectivity index (χ0v) is 10.7. The molecule has 0 spiro atoms. The second-order valence-electron chi connectivity index (χ2n) is 4.79. The summed E-state index contributed by atoms with van der Waals surface area (Å²) in [6.07, 6.45) is 1.40. The van der Waals surface area contributed by atoms with Crippen LogP contribution in [0.3, 0.4) is 0 Å². The van der Waals surface area contributed by atoms with Crippen molar-refractivity contribution in [3.63, 3.8) is 0 Å². The van der Waals surface area contributed by atoms with E-state index >= 15 is 0 Å². The number of furan rings is 1. The SMILES string of the molecule is CC(C)(C)OC(=O)c1coc2cc(Cl)ccc12. The number of rotatable bonds is 1. The minimum atomic E-state index is -0.521. The van der Waals surface area contributed by atoms with Crippen molar-refractivity contribution in [1.82, 2.24) is 0 Å². The minimum Gasteiger partial charge on any atom is -0.463 e. The van der Waals surface area contributed by atoms with Crippen LogP contribution in [0.25, 0.3) is 11.0 Å². The molecule has 0 atom stereocenters. The first-order chi connectivity index (χ1) is 7.87. The van der Waals surface area contributed by atoms with Crippen LogP contribution in [0.4, 0.5) is 0 Å². The second-order valence-corrected chi connectivity index (χ2v) is 5.23. The van der Waals surface area contributed by atoms with Crippen LogP contribution in [0.15, 0.2) is 28.9 Å². The highest BCUT2D eigenvalue weighted by atomic mass is 35.5. The summed E-state index contributed by atoms with van der Waals surface area (Å²) in [5.41, 5.74) is 0.484. The van der Waals surface area contributed by atoms with Crippen molar-refractivity contribution in [3.05, 3.63) is 35.0 Å². The molecule has 4 heteroatoms. The third kappa shape index (κ3) is 2.61. The quantitative estimate of drug-likeness (QED) is 0.719. The molecular weight excluding hydrogens is 240 g/mol. The topological polar surface area (TPSA) is 39.4 Å². The van der Waals surface area contributed by atoms with E-state index in [4.69, 9.17) is 20.8 Å². The molecule has 0 aliphatic carbocycles. The number of hydrogen-bond donors (Lipinski definition) is 0. The van der Waals surface area contributed by atoms with Crippen molar-refractivity contribution >= 4 is 28.5 Å². The van der Waals surface area contributed by atoms with Crippen LogP contribution in [-0.4, -0.2) is 11.6 Å². The molecule has 90 valence electrons. The molecule has 0 radical (unpaired) electrons. The first-order valence-corrected chi connectivity index (χ1v) is 5.65. The Hall–Kier alpha value is -1.48. The Balaban J connectivity index is 2.40. The fourth-order valence-corrected chi connectivity index (χ4v) is 1.66. The Kier molecular flexibility index (Phi) is 2.87. The summed E-state index contributed by atoms with van der Waals surface area (Å²) in [5.74, 6) is -0.390. The first kappa shape index (κ1) is 12.0. The molecule has 0 saturated heterocycles. The van der Waals surface area contributed by atoms with Gasteiger partial charge in [0.2, 0.25) is 0 Å². The molecule has 0 N–H and O–H groups in total. The third-order valence-corrected chi connectivity index (χ3v) is 2.39. The molecule has 0 amide bonds. The van der Waals surface area contributed by atoms with Gasteiger partial charge in [0.15, 0.2) is 0 Å². The van der Waals surface area contributed by atoms with Gasteiger partial charge < -0.3 is 9.15 Å². The summed E-state index contributed by atoms with van der Waals surface area (Å²) >= 11 is 5.84. The molecule has 3 nitrogen and oxygen atoms in total. The smallest absolute Gasteiger partial charge is 0.342 e. The van der Waals surface area contributed by atoms with Crippen molar-refractivity contribution in [2.75, 3.05) is 0 Å². The maximum absolute atomic E-state index is 11.9. The van der Waals surface area contributed by atoms with Crippen molar-refractivity contribution in [2.24, 2.45) is 0 Å². The predicted octanol–water partition coefficient (Wildman–Crippen LogP) is 4.04. The molecule has 17 heavy (non-hydrogen) atoms. The molecular formula is C13H13ClO3. The van der Waals surface area contributed by atoms with Crippen LogP contribution in [-0.2, 0) is 4.74 Å². The van der Waals surface area contributed by atoms with Gasteiger partial charge in [-0.1, -0.05) is 11.6 Å². The molecule has 0 bridgehead atoms. The first-order valence-electron chi connectivity index (χ1n) is 5.27. The highest BCUT2D eigenvalue weighted by Crippen LogP contribution is 2.26. The van der Waals surface area contributed by atoms with E-state index < -0.39 is 11.6 Å². The Morgan fingerprint density at radius 2 is 2.06 bits per heavy atom. The van der Waals surface area contributed by atoms with Gasteiger partial charge in [-0.2, -0.15) is 0 Å².